The van der Waals surface area contributed by atoms with Crippen LogP contribution in [0.3, 0.4) is 0 Å². The van der Waals surface area contributed by atoms with Gasteiger partial charge in [0.1, 0.15) is 0 Å². The van der Waals surface area contributed by atoms with Crippen LogP contribution in [-0.4, -0.2) is 31.1 Å². The number of thiophene rings is 1. The van der Waals surface area contributed by atoms with Crippen LogP contribution in [0.4, 0.5) is 26.3 Å². The van der Waals surface area contributed by atoms with E-state index in [1.807, 2.05) is 0 Å². The number of nitrogens with zero attached hydrogens (tertiary/aromatic N) is 1. The highest BCUT2D eigenvalue weighted by atomic mass is 32.1. The number of rotatable bonds is 6. The Bertz CT molecular complexity index is 738. The molecule has 10 heteroatoms. The van der Waals surface area contributed by atoms with Crippen LogP contribution in [-0.2, 0) is 23.6 Å². The van der Waals surface area contributed by atoms with Crippen molar-refractivity contribution in [1.29, 1.82) is 0 Å². The van der Waals surface area contributed by atoms with E-state index in [2.05, 4.69) is 0 Å². The van der Waals surface area contributed by atoms with Gasteiger partial charge in [0.15, 0.2) is 0 Å². The smallest absolute Gasteiger partial charge is 0.383 e. The highest BCUT2D eigenvalue weighted by Crippen LogP contribution is 2.36. The van der Waals surface area contributed by atoms with E-state index in [0.717, 1.165) is 4.90 Å². The lowest BCUT2D eigenvalue weighted by Crippen LogP contribution is -2.33. The third-order valence-corrected chi connectivity index (χ3v) is 4.37. The van der Waals surface area contributed by atoms with Crippen LogP contribution in [0.5, 0.6) is 0 Å². The first-order valence-corrected chi connectivity index (χ1v) is 8.55. The number of halogens is 6. The Morgan fingerprint density at radius 1 is 1.07 bits per heavy atom. The van der Waals surface area contributed by atoms with E-state index >= 15 is 0 Å². The minimum Gasteiger partial charge on any atom is -0.383 e. The molecule has 0 radical (unpaired) electrons. The Morgan fingerprint density at radius 3 is 2.11 bits per heavy atom. The molecule has 1 amide bonds. The van der Waals surface area contributed by atoms with Crippen molar-refractivity contribution in [2.24, 2.45) is 0 Å². The SMILES string of the molecule is COCCN(Cc1ccsc1)C(=O)c1cc(C(F)(F)F)cc(C(F)(F)F)c1. The maximum Gasteiger partial charge on any atom is 0.416 e. The van der Waals surface area contributed by atoms with Gasteiger partial charge in [0.25, 0.3) is 5.91 Å². The lowest BCUT2D eigenvalue weighted by atomic mass is 10.0. The van der Waals surface area contributed by atoms with Gasteiger partial charge in [0.2, 0.25) is 0 Å². The molecule has 1 aromatic heterocycles. The zero-order valence-corrected chi connectivity index (χ0v) is 14.8. The summed E-state index contributed by atoms with van der Waals surface area (Å²) in [6.45, 7) is 0.146. The molecule has 0 aliphatic rings. The van der Waals surface area contributed by atoms with Crippen molar-refractivity contribution in [2.75, 3.05) is 20.3 Å². The van der Waals surface area contributed by atoms with Gasteiger partial charge in [-0.1, -0.05) is 0 Å². The molecule has 0 aliphatic heterocycles. The minimum atomic E-state index is -5.01. The topological polar surface area (TPSA) is 29.5 Å². The third-order valence-electron chi connectivity index (χ3n) is 3.64. The summed E-state index contributed by atoms with van der Waals surface area (Å²) in [7, 11) is 1.37. The number of alkyl halides is 6. The average Bonchev–Trinajstić information content (AvgIpc) is 3.09. The summed E-state index contributed by atoms with van der Waals surface area (Å²) in [4.78, 5) is 13.8. The van der Waals surface area contributed by atoms with E-state index in [-0.39, 0.29) is 25.8 Å². The molecule has 1 aromatic carbocycles. The Kier molecular flexibility index (Phi) is 6.53. The molecule has 2 aromatic rings. The summed E-state index contributed by atoms with van der Waals surface area (Å²) in [5.41, 5.74) is -3.01. The number of carbonyl (C=O) groups is 1. The molecule has 0 unspecified atom stereocenters. The largest absolute Gasteiger partial charge is 0.416 e. The third kappa shape index (κ3) is 5.70. The van der Waals surface area contributed by atoms with Crippen molar-refractivity contribution in [3.63, 3.8) is 0 Å². The number of carbonyl (C=O) groups excluding carboxylic acids is 1. The van der Waals surface area contributed by atoms with Crippen LogP contribution in [0.1, 0.15) is 27.0 Å². The van der Waals surface area contributed by atoms with E-state index in [9.17, 15) is 31.1 Å². The van der Waals surface area contributed by atoms with Crippen LogP contribution in [0.15, 0.2) is 35.0 Å². The fourth-order valence-corrected chi connectivity index (χ4v) is 2.98. The summed E-state index contributed by atoms with van der Waals surface area (Å²) < 4.78 is 82.9. The minimum absolute atomic E-state index is 0.00481. The van der Waals surface area contributed by atoms with Gasteiger partial charge < -0.3 is 9.64 Å². The molecule has 0 spiro atoms. The van der Waals surface area contributed by atoms with E-state index in [1.165, 1.54) is 18.4 Å². The first-order chi connectivity index (χ1) is 12.5. The Hall–Kier alpha value is -2.07. The monoisotopic (exact) mass is 411 g/mol. The highest BCUT2D eigenvalue weighted by molar-refractivity contribution is 7.07. The second kappa shape index (κ2) is 8.30. The summed E-state index contributed by atoms with van der Waals surface area (Å²) >= 11 is 1.36. The molecular formula is C17H15F6NO2S. The lowest BCUT2D eigenvalue weighted by molar-refractivity contribution is -0.143. The van der Waals surface area contributed by atoms with Crippen LogP contribution in [0.25, 0.3) is 0 Å². The first kappa shape index (κ1) is 21.2. The fourth-order valence-electron chi connectivity index (χ4n) is 2.32. The summed E-state index contributed by atoms with van der Waals surface area (Å²) in [6, 6.07) is 2.58. The fraction of sp³-hybridized carbons (Fsp3) is 0.353. The second-order valence-corrected chi connectivity index (χ2v) is 6.43. The van der Waals surface area contributed by atoms with E-state index in [4.69, 9.17) is 4.74 Å². The number of amides is 1. The molecule has 0 atom stereocenters. The second-order valence-electron chi connectivity index (χ2n) is 5.65. The van der Waals surface area contributed by atoms with Crippen molar-refractivity contribution < 1.29 is 35.9 Å². The van der Waals surface area contributed by atoms with Gasteiger partial charge in [-0.15, -0.1) is 0 Å². The molecule has 0 fully saturated rings. The molecule has 27 heavy (non-hydrogen) atoms. The van der Waals surface area contributed by atoms with Crippen LogP contribution < -0.4 is 0 Å². The molecule has 0 N–H and O–H groups in total. The first-order valence-electron chi connectivity index (χ1n) is 7.61. The van der Waals surface area contributed by atoms with Crippen LogP contribution in [0.2, 0.25) is 0 Å². The summed E-state index contributed by atoms with van der Waals surface area (Å²) in [5, 5.41) is 3.49. The van der Waals surface area contributed by atoms with Crippen LogP contribution in [0, 0.1) is 0 Å². The molecule has 148 valence electrons. The van der Waals surface area contributed by atoms with Gasteiger partial charge >= 0.3 is 12.4 Å². The Balaban J connectivity index is 2.43. The number of hydrogen-bond donors (Lipinski definition) is 0. The average molecular weight is 411 g/mol. The molecule has 0 bridgehead atoms. The van der Waals surface area contributed by atoms with Gasteiger partial charge in [-0.3, -0.25) is 4.79 Å². The van der Waals surface area contributed by atoms with Crippen molar-refractivity contribution in [3.05, 3.63) is 57.3 Å². The molecular weight excluding hydrogens is 396 g/mol. The van der Waals surface area contributed by atoms with E-state index in [1.54, 1.807) is 16.8 Å². The zero-order chi connectivity index (χ0) is 20.2. The maximum atomic E-state index is 13.0. The normalized spacial score (nSPS) is 12.3. The van der Waals surface area contributed by atoms with Crippen LogP contribution >= 0.6 is 11.3 Å². The number of ether oxygens (including phenoxy) is 1. The Labute approximate surface area is 155 Å². The highest BCUT2D eigenvalue weighted by Gasteiger charge is 2.37. The van der Waals surface area contributed by atoms with Crippen molar-refractivity contribution in [2.45, 2.75) is 18.9 Å². The van der Waals surface area contributed by atoms with Gasteiger partial charge in [0, 0.05) is 25.8 Å². The summed E-state index contributed by atoms with van der Waals surface area (Å²) in [5.74, 6) is -0.935. The van der Waals surface area contributed by atoms with E-state index < -0.39 is 35.0 Å². The quantitative estimate of drug-likeness (QED) is 0.621. The van der Waals surface area contributed by atoms with Crippen molar-refractivity contribution >= 4 is 17.2 Å². The number of hydrogen-bond acceptors (Lipinski definition) is 3. The van der Waals surface area contributed by atoms with Gasteiger partial charge in [-0.2, -0.15) is 37.7 Å². The maximum absolute atomic E-state index is 13.0. The predicted octanol–water partition coefficient (Wildman–Crippen LogP) is 5.07. The number of benzene rings is 1. The van der Waals surface area contributed by atoms with Crippen molar-refractivity contribution in [3.8, 4) is 0 Å². The standard InChI is InChI=1S/C17H15F6NO2S/c1-26-4-3-24(9-11-2-5-27-10-11)15(25)12-6-13(16(18,19)20)8-14(7-12)17(21,22)23/h2,5-8,10H,3-4,9H2,1H3. The molecule has 2 rings (SSSR count). The molecule has 0 aliphatic carbocycles. The van der Waals surface area contributed by atoms with E-state index in [0.29, 0.717) is 17.7 Å². The molecule has 1 heterocycles. The number of methoxy groups -OCH3 is 1. The molecule has 3 nitrogen and oxygen atoms in total. The molecule has 0 saturated carbocycles. The summed E-state index contributed by atoms with van der Waals surface area (Å²) in [6.07, 6.45) is -10.0. The zero-order valence-electron chi connectivity index (χ0n) is 14.0. The lowest BCUT2D eigenvalue weighted by Gasteiger charge is -2.23. The van der Waals surface area contributed by atoms with Gasteiger partial charge in [-0.25, -0.2) is 0 Å². The predicted molar refractivity (Wildman–Crippen MR) is 87.4 cm³/mol. The van der Waals surface area contributed by atoms with Gasteiger partial charge in [0.05, 0.1) is 17.7 Å². The van der Waals surface area contributed by atoms with Gasteiger partial charge in [-0.05, 0) is 40.6 Å². The van der Waals surface area contributed by atoms with Crippen molar-refractivity contribution in [1.82, 2.24) is 4.90 Å². The molecule has 0 saturated heterocycles. The Morgan fingerprint density at radius 2 is 1.67 bits per heavy atom.